The van der Waals surface area contributed by atoms with Gasteiger partial charge in [-0.05, 0) is 56.2 Å². The highest BCUT2D eigenvalue weighted by atomic mass is 35.5. The molecule has 172 valence electrons. The van der Waals surface area contributed by atoms with Crippen molar-refractivity contribution in [2.45, 2.75) is 39.7 Å². The van der Waals surface area contributed by atoms with Gasteiger partial charge in [0.2, 0.25) is 11.8 Å². The minimum Gasteiger partial charge on any atom is -0.461 e. The van der Waals surface area contributed by atoms with Crippen molar-refractivity contribution in [1.82, 2.24) is 4.90 Å². The maximum Gasteiger partial charge on any atom is 0.231 e. The molecule has 0 saturated heterocycles. The molecule has 0 bridgehead atoms. The highest BCUT2D eigenvalue weighted by molar-refractivity contribution is 6.20. The molecule has 1 aliphatic heterocycles. The average Bonchev–Trinajstić information content (AvgIpc) is 3.27. The summed E-state index contributed by atoms with van der Waals surface area (Å²) < 4.78 is 6.10. The Morgan fingerprint density at radius 1 is 1.09 bits per heavy atom. The van der Waals surface area contributed by atoms with Crippen LogP contribution in [-0.2, 0) is 29.0 Å². The van der Waals surface area contributed by atoms with Gasteiger partial charge in [0.1, 0.15) is 11.5 Å². The highest BCUT2D eigenvalue weighted by Gasteiger charge is 2.27. The lowest BCUT2D eigenvalue weighted by Crippen LogP contribution is -2.35. The summed E-state index contributed by atoms with van der Waals surface area (Å²) in [6, 6.07) is 19.7. The van der Waals surface area contributed by atoms with Crippen LogP contribution in [0.15, 0.2) is 65.1 Å². The van der Waals surface area contributed by atoms with E-state index >= 15 is 0 Å². The van der Waals surface area contributed by atoms with Crippen LogP contribution in [-0.4, -0.2) is 29.1 Å². The maximum absolute atomic E-state index is 12.7. The van der Waals surface area contributed by atoms with E-state index in [4.69, 9.17) is 16.0 Å². The molecule has 2 aromatic carbocycles. The third kappa shape index (κ3) is 5.48. The number of hydrogen-bond acceptors (Lipinski definition) is 3. The molecule has 5 nitrogen and oxygen atoms in total. The Morgan fingerprint density at radius 2 is 1.82 bits per heavy atom. The number of furan rings is 1. The van der Waals surface area contributed by atoms with Gasteiger partial charge in [0, 0.05) is 48.6 Å². The molecule has 0 spiro atoms. The molecule has 0 aliphatic carbocycles. The predicted octanol–water partition coefficient (Wildman–Crippen LogP) is 5.67. The van der Waals surface area contributed by atoms with E-state index in [1.807, 2.05) is 67.3 Å². The third-order valence-corrected chi connectivity index (χ3v) is 6.73. The van der Waals surface area contributed by atoms with Crippen molar-refractivity contribution in [3.63, 3.8) is 0 Å². The summed E-state index contributed by atoms with van der Waals surface area (Å²) in [4.78, 5) is 27.0. The Balaban J connectivity index is 1.38. The van der Waals surface area contributed by atoms with Crippen molar-refractivity contribution < 1.29 is 14.0 Å². The molecule has 2 amide bonds. The lowest BCUT2D eigenvalue weighted by molar-refractivity contribution is -0.132. The van der Waals surface area contributed by atoms with Crippen LogP contribution in [0.25, 0.3) is 11.3 Å². The van der Waals surface area contributed by atoms with Gasteiger partial charge < -0.3 is 14.6 Å². The van der Waals surface area contributed by atoms with Gasteiger partial charge in [-0.2, -0.15) is 0 Å². The van der Waals surface area contributed by atoms with Gasteiger partial charge in [-0.15, -0.1) is 11.6 Å². The summed E-state index contributed by atoms with van der Waals surface area (Å²) in [5.41, 5.74) is 3.25. The molecule has 2 heterocycles. The fraction of sp³-hybridized carbons (Fsp3) is 0.333. The van der Waals surface area contributed by atoms with E-state index in [1.54, 1.807) is 0 Å². The third-order valence-electron chi connectivity index (χ3n) is 6.07. The summed E-state index contributed by atoms with van der Waals surface area (Å²) >= 11 is 5.89. The second kappa shape index (κ2) is 9.84. The van der Waals surface area contributed by atoms with Crippen LogP contribution in [0, 0.1) is 5.41 Å². The Hall–Kier alpha value is -3.05. The number of anilines is 1. The first-order valence-corrected chi connectivity index (χ1v) is 11.8. The monoisotopic (exact) mass is 464 g/mol. The molecule has 4 rings (SSSR count). The van der Waals surface area contributed by atoms with Crippen LogP contribution in [0.3, 0.4) is 0 Å². The van der Waals surface area contributed by atoms with Crippen molar-refractivity contribution >= 4 is 29.1 Å². The molecule has 6 heteroatoms. The fourth-order valence-electron chi connectivity index (χ4n) is 3.82. The van der Waals surface area contributed by atoms with Gasteiger partial charge >= 0.3 is 0 Å². The second-order valence-electron chi connectivity index (χ2n) is 9.16. The molecule has 0 fully saturated rings. The smallest absolute Gasteiger partial charge is 0.231 e. The Kier molecular flexibility index (Phi) is 6.89. The van der Waals surface area contributed by atoms with E-state index in [1.165, 1.54) is 5.56 Å². The number of carbonyl (C=O) groups is 2. The number of rotatable bonds is 7. The normalized spacial score (nSPS) is 13.5. The maximum atomic E-state index is 12.7. The van der Waals surface area contributed by atoms with Gasteiger partial charge in [-0.1, -0.05) is 30.3 Å². The Morgan fingerprint density at radius 3 is 2.52 bits per heavy atom. The SMILES string of the molecule is CC(C)(CCl)C(=O)Nc1ccc(-c2cc3c(o2)CCN(C(=O)CCc2ccccc2)C3)cc1. The predicted molar refractivity (Wildman–Crippen MR) is 131 cm³/mol. The van der Waals surface area contributed by atoms with Crippen LogP contribution in [0.5, 0.6) is 0 Å². The largest absolute Gasteiger partial charge is 0.461 e. The number of hydrogen-bond donors (Lipinski definition) is 1. The fourth-order valence-corrected chi connectivity index (χ4v) is 3.94. The first kappa shape index (κ1) is 23.1. The number of fused-ring (bicyclic) bond motifs is 1. The molecule has 0 unspecified atom stereocenters. The number of nitrogens with zero attached hydrogens (tertiary/aromatic N) is 1. The van der Waals surface area contributed by atoms with E-state index in [9.17, 15) is 9.59 Å². The van der Waals surface area contributed by atoms with Crippen molar-refractivity contribution in [2.75, 3.05) is 17.7 Å². The number of aryl methyl sites for hydroxylation is 1. The number of amides is 2. The average molecular weight is 465 g/mol. The number of halogens is 1. The minimum atomic E-state index is -0.634. The molecule has 0 atom stereocenters. The number of alkyl halides is 1. The van der Waals surface area contributed by atoms with Crippen molar-refractivity contribution in [2.24, 2.45) is 5.41 Å². The minimum absolute atomic E-state index is 0.115. The Bertz CT molecular complexity index is 1120. The van der Waals surface area contributed by atoms with E-state index in [2.05, 4.69) is 17.4 Å². The van der Waals surface area contributed by atoms with Gasteiger partial charge in [0.25, 0.3) is 0 Å². The molecular formula is C27H29ClN2O3. The topological polar surface area (TPSA) is 62.6 Å². The highest BCUT2D eigenvalue weighted by Crippen LogP contribution is 2.31. The zero-order valence-corrected chi connectivity index (χ0v) is 19.8. The molecule has 0 radical (unpaired) electrons. The standard InChI is InChI=1S/C27H29ClN2O3/c1-27(2,18-28)26(32)29-22-11-9-20(10-12-22)24-16-21-17-30(15-14-23(21)33-24)25(31)13-8-19-6-4-3-5-7-19/h3-7,9-12,16H,8,13-15,17-18H2,1-2H3,(H,29,32). The summed E-state index contributed by atoms with van der Waals surface area (Å²) in [5.74, 6) is 2.03. The lowest BCUT2D eigenvalue weighted by atomic mass is 9.95. The number of carbonyl (C=O) groups excluding carboxylic acids is 2. The van der Waals surface area contributed by atoms with E-state index in [-0.39, 0.29) is 17.7 Å². The van der Waals surface area contributed by atoms with E-state index < -0.39 is 5.41 Å². The van der Waals surface area contributed by atoms with E-state index in [0.717, 1.165) is 29.1 Å². The Labute approximate surface area is 199 Å². The molecular weight excluding hydrogens is 436 g/mol. The lowest BCUT2D eigenvalue weighted by Gasteiger charge is -2.26. The summed E-state index contributed by atoms with van der Waals surface area (Å²) in [6.45, 7) is 4.88. The van der Waals surface area contributed by atoms with E-state index in [0.29, 0.717) is 31.6 Å². The molecule has 33 heavy (non-hydrogen) atoms. The van der Waals surface area contributed by atoms with Crippen LogP contribution < -0.4 is 5.32 Å². The van der Waals surface area contributed by atoms with Gasteiger partial charge in [-0.25, -0.2) is 0 Å². The van der Waals surface area contributed by atoms with Gasteiger partial charge in [0.05, 0.1) is 5.41 Å². The zero-order valence-electron chi connectivity index (χ0n) is 19.1. The molecule has 1 aromatic heterocycles. The van der Waals surface area contributed by atoms with Crippen LogP contribution in [0.4, 0.5) is 5.69 Å². The van der Waals surface area contributed by atoms with Crippen LogP contribution in [0.1, 0.15) is 37.2 Å². The zero-order chi connectivity index (χ0) is 23.4. The molecule has 3 aromatic rings. The summed E-state index contributed by atoms with van der Waals surface area (Å²) in [7, 11) is 0. The summed E-state index contributed by atoms with van der Waals surface area (Å²) in [6.07, 6.45) is 1.98. The van der Waals surface area contributed by atoms with Crippen molar-refractivity contribution in [3.8, 4) is 11.3 Å². The number of nitrogens with one attached hydrogen (secondary N) is 1. The van der Waals surface area contributed by atoms with Gasteiger partial charge in [-0.3, -0.25) is 9.59 Å². The first-order chi connectivity index (χ1) is 15.9. The van der Waals surface area contributed by atoms with Crippen molar-refractivity contribution in [1.29, 1.82) is 0 Å². The molecule has 1 aliphatic rings. The van der Waals surface area contributed by atoms with Crippen LogP contribution in [0.2, 0.25) is 0 Å². The van der Waals surface area contributed by atoms with Crippen LogP contribution >= 0.6 is 11.6 Å². The second-order valence-corrected chi connectivity index (χ2v) is 9.43. The quantitative estimate of drug-likeness (QED) is 0.458. The number of benzene rings is 2. The first-order valence-electron chi connectivity index (χ1n) is 11.3. The van der Waals surface area contributed by atoms with Gasteiger partial charge in [0.15, 0.2) is 0 Å². The van der Waals surface area contributed by atoms with Crippen molar-refractivity contribution in [3.05, 3.63) is 77.6 Å². The molecule has 0 saturated carbocycles. The summed E-state index contributed by atoms with van der Waals surface area (Å²) in [5, 5.41) is 2.90. The molecule has 1 N–H and O–H groups in total.